The Morgan fingerprint density at radius 1 is 1.20 bits per heavy atom. The van der Waals surface area contributed by atoms with Crippen LogP contribution in [-0.4, -0.2) is 24.3 Å². The van der Waals surface area contributed by atoms with Gasteiger partial charge >= 0.3 is 5.97 Å². The lowest BCUT2D eigenvalue weighted by molar-refractivity contribution is -0.142. The molecule has 0 spiro atoms. The summed E-state index contributed by atoms with van der Waals surface area (Å²) in [5.41, 5.74) is 0.834. The summed E-state index contributed by atoms with van der Waals surface area (Å²) in [6.07, 6.45) is 1.86. The van der Waals surface area contributed by atoms with Gasteiger partial charge in [-0.25, -0.2) is 4.39 Å². The minimum absolute atomic E-state index is 0.308. The van der Waals surface area contributed by atoms with E-state index in [1.807, 2.05) is 0 Å². The van der Waals surface area contributed by atoms with E-state index in [0.717, 1.165) is 12.0 Å². The first-order chi connectivity index (χ1) is 9.49. The summed E-state index contributed by atoms with van der Waals surface area (Å²) < 4.78 is 18.3. The molecule has 1 aromatic carbocycles. The van der Waals surface area contributed by atoms with Crippen molar-refractivity contribution in [1.82, 2.24) is 0 Å². The predicted octanol–water partition coefficient (Wildman–Crippen LogP) is 3.52. The van der Waals surface area contributed by atoms with Gasteiger partial charge in [-0.15, -0.1) is 0 Å². The van der Waals surface area contributed by atoms with Crippen LogP contribution < -0.4 is 0 Å². The molecule has 0 fully saturated rings. The molecule has 20 heavy (non-hydrogen) atoms. The number of benzene rings is 1. The van der Waals surface area contributed by atoms with Crippen molar-refractivity contribution in [2.75, 3.05) is 13.2 Å². The van der Waals surface area contributed by atoms with Gasteiger partial charge in [-0.3, -0.25) is 4.79 Å². The second-order valence-electron chi connectivity index (χ2n) is 5.45. The number of hydrogen-bond acceptors (Lipinski definition) is 2. The van der Waals surface area contributed by atoms with E-state index >= 15 is 0 Å². The molecule has 0 saturated carbocycles. The third-order valence-corrected chi connectivity index (χ3v) is 3.19. The monoisotopic (exact) mass is 282 g/mol. The predicted molar refractivity (Wildman–Crippen MR) is 76.1 cm³/mol. The lowest BCUT2D eigenvalue weighted by atomic mass is 9.96. The number of carboxylic acid groups (broad SMARTS) is 1. The van der Waals surface area contributed by atoms with Crippen molar-refractivity contribution in [1.29, 1.82) is 0 Å². The molecule has 1 aromatic rings. The number of carbonyl (C=O) groups is 1. The van der Waals surface area contributed by atoms with E-state index < -0.39 is 11.9 Å². The van der Waals surface area contributed by atoms with Crippen LogP contribution in [0, 0.1) is 17.7 Å². The van der Waals surface area contributed by atoms with Crippen molar-refractivity contribution in [3.05, 3.63) is 35.6 Å². The maximum atomic E-state index is 12.8. The standard InChI is InChI=1S/C16H23FO3/c1-12(2)7-9-20-10-8-14(16(18)19)11-13-3-5-15(17)6-4-13/h3-6,12,14H,7-11H2,1-2H3,(H,18,19). The average molecular weight is 282 g/mol. The molecule has 0 saturated heterocycles. The van der Waals surface area contributed by atoms with E-state index in [1.54, 1.807) is 12.1 Å². The van der Waals surface area contributed by atoms with Crippen LogP contribution in [-0.2, 0) is 16.0 Å². The van der Waals surface area contributed by atoms with E-state index in [-0.39, 0.29) is 5.82 Å². The Hall–Kier alpha value is -1.42. The first kappa shape index (κ1) is 16.6. The molecule has 0 amide bonds. The van der Waals surface area contributed by atoms with Gasteiger partial charge in [0.1, 0.15) is 5.82 Å². The molecule has 0 aromatic heterocycles. The highest BCUT2D eigenvalue weighted by Crippen LogP contribution is 2.14. The molecule has 1 N–H and O–H groups in total. The molecule has 0 radical (unpaired) electrons. The minimum atomic E-state index is -0.832. The Kier molecular flexibility index (Phi) is 7.23. The number of aliphatic carboxylic acids is 1. The van der Waals surface area contributed by atoms with Gasteiger partial charge in [-0.05, 0) is 42.9 Å². The lowest BCUT2D eigenvalue weighted by Crippen LogP contribution is -2.19. The van der Waals surface area contributed by atoms with Crippen LogP contribution in [0.1, 0.15) is 32.3 Å². The van der Waals surface area contributed by atoms with E-state index in [2.05, 4.69) is 13.8 Å². The summed E-state index contributed by atoms with van der Waals surface area (Å²) in [5, 5.41) is 9.20. The van der Waals surface area contributed by atoms with Crippen LogP contribution in [0.3, 0.4) is 0 Å². The fraction of sp³-hybridized carbons (Fsp3) is 0.562. The van der Waals surface area contributed by atoms with Crippen molar-refractivity contribution in [3.8, 4) is 0 Å². The third-order valence-electron chi connectivity index (χ3n) is 3.19. The summed E-state index contributed by atoms with van der Waals surface area (Å²) in [6, 6.07) is 5.97. The van der Waals surface area contributed by atoms with Crippen LogP contribution in [0.25, 0.3) is 0 Å². The highest BCUT2D eigenvalue weighted by molar-refractivity contribution is 5.70. The van der Waals surface area contributed by atoms with Crippen molar-refractivity contribution < 1.29 is 19.0 Å². The Morgan fingerprint density at radius 2 is 1.80 bits per heavy atom. The second-order valence-corrected chi connectivity index (χ2v) is 5.45. The first-order valence-electron chi connectivity index (χ1n) is 7.04. The van der Waals surface area contributed by atoms with Crippen molar-refractivity contribution in [3.63, 3.8) is 0 Å². The summed E-state index contributed by atoms with van der Waals surface area (Å²) in [5.74, 6) is -1.04. The normalized spacial score (nSPS) is 12.6. The van der Waals surface area contributed by atoms with E-state index in [9.17, 15) is 14.3 Å². The van der Waals surface area contributed by atoms with Gasteiger partial charge in [0.2, 0.25) is 0 Å². The lowest BCUT2D eigenvalue weighted by Gasteiger charge is -2.13. The summed E-state index contributed by atoms with van der Waals surface area (Å²) in [7, 11) is 0. The molecular formula is C16H23FO3. The molecule has 0 aliphatic rings. The van der Waals surface area contributed by atoms with Crippen molar-refractivity contribution in [2.24, 2.45) is 11.8 Å². The molecular weight excluding hydrogens is 259 g/mol. The smallest absolute Gasteiger partial charge is 0.306 e. The van der Waals surface area contributed by atoms with Gasteiger partial charge in [0.05, 0.1) is 5.92 Å². The number of hydrogen-bond donors (Lipinski definition) is 1. The van der Waals surface area contributed by atoms with Gasteiger partial charge in [0.25, 0.3) is 0 Å². The quantitative estimate of drug-likeness (QED) is 0.705. The van der Waals surface area contributed by atoms with Crippen molar-refractivity contribution >= 4 is 5.97 Å². The first-order valence-corrected chi connectivity index (χ1v) is 7.04. The highest BCUT2D eigenvalue weighted by Gasteiger charge is 2.17. The number of rotatable bonds is 9. The zero-order valence-corrected chi connectivity index (χ0v) is 12.1. The molecule has 1 unspecified atom stereocenters. The van der Waals surface area contributed by atoms with Gasteiger partial charge in [-0.1, -0.05) is 26.0 Å². The largest absolute Gasteiger partial charge is 0.481 e. The summed E-state index contributed by atoms with van der Waals surface area (Å²) >= 11 is 0. The molecule has 0 bridgehead atoms. The Balaban J connectivity index is 2.37. The molecule has 112 valence electrons. The van der Waals surface area contributed by atoms with Crippen LogP contribution in [0.5, 0.6) is 0 Å². The van der Waals surface area contributed by atoms with Crippen LogP contribution in [0.4, 0.5) is 4.39 Å². The Labute approximate surface area is 119 Å². The Bertz CT molecular complexity index is 401. The number of halogens is 1. The van der Waals surface area contributed by atoms with Gasteiger partial charge < -0.3 is 9.84 Å². The second kappa shape index (κ2) is 8.69. The highest BCUT2D eigenvalue weighted by atomic mass is 19.1. The number of carboxylic acids is 1. The SMILES string of the molecule is CC(C)CCOCCC(Cc1ccc(F)cc1)C(=O)O. The number of ether oxygens (including phenoxy) is 1. The van der Waals surface area contributed by atoms with E-state index in [4.69, 9.17) is 4.74 Å². The fourth-order valence-corrected chi connectivity index (χ4v) is 1.86. The van der Waals surface area contributed by atoms with Gasteiger partial charge in [0, 0.05) is 13.2 Å². The Morgan fingerprint density at radius 3 is 2.35 bits per heavy atom. The molecule has 3 nitrogen and oxygen atoms in total. The van der Waals surface area contributed by atoms with E-state index in [1.165, 1.54) is 12.1 Å². The molecule has 1 atom stereocenters. The molecule has 0 aliphatic carbocycles. The zero-order chi connectivity index (χ0) is 15.0. The van der Waals surface area contributed by atoms with Crippen LogP contribution in [0.15, 0.2) is 24.3 Å². The van der Waals surface area contributed by atoms with Gasteiger partial charge in [-0.2, -0.15) is 0 Å². The van der Waals surface area contributed by atoms with Crippen LogP contribution in [0.2, 0.25) is 0 Å². The van der Waals surface area contributed by atoms with Crippen LogP contribution >= 0.6 is 0 Å². The van der Waals surface area contributed by atoms with Gasteiger partial charge in [0.15, 0.2) is 0 Å². The summed E-state index contributed by atoms with van der Waals surface area (Å²) in [6.45, 7) is 5.36. The fourth-order valence-electron chi connectivity index (χ4n) is 1.86. The molecule has 0 aliphatic heterocycles. The van der Waals surface area contributed by atoms with E-state index in [0.29, 0.717) is 32.0 Å². The molecule has 4 heteroatoms. The average Bonchev–Trinajstić information content (AvgIpc) is 2.38. The topological polar surface area (TPSA) is 46.5 Å². The third kappa shape index (κ3) is 6.66. The molecule has 0 heterocycles. The minimum Gasteiger partial charge on any atom is -0.481 e. The zero-order valence-electron chi connectivity index (χ0n) is 12.1. The maximum Gasteiger partial charge on any atom is 0.306 e. The molecule has 1 rings (SSSR count). The van der Waals surface area contributed by atoms with Crippen molar-refractivity contribution in [2.45, 2.75) is 33.1 Å². The summed E-state index contributed by atoms with van der Waals surface area (Å²) in [4.78, 5) is 11.2. The maximum absolute atomic E-state index is 12.8.